The molecule has 1 saturated heterocycles. The van der Waals surface area contributed by atoms with E-state index in [4.69, 9.17) is 11.6 Å². The fourth-order valence-corrected chi connectivity index (χ4v) is 3.16. The SMILES string of the molecule is Cc1nc(Cl)cc(N2CCN(C(=O)c3ccccc3)CC2)c1C. The molecule has 1 fully saturated rings. The van der Waals surface area contributed by atoms with Gasteiger partial charge in [-0.2, -0.15) is 0 Å². The van der Waals surface area contributed by atoms with Gasteiger partial charge in [-0.3, -0.25) is 4.79 Å². The third-order valence-corrected chi connectivity index (χ3v) is 4.58. The highest BCUT2D eigenvalue weighted by atomic mass is 35.5. The van der Waals surface area contributed by atoms with Crippen LogP contribution in [0.1, 0.15) is 21.6 Å². The number of halogens is 1. The van der Waals surface area contributed by atoms with Crippen molar-refractivity contribution >= 4 is 23.2 Å². The van der Waals surface area contributed by atoms with Gasteiger partial charge in [-0.05, 0) is 37.6 Å². The van der Waals surface area contributed by atoms with Crippen LogP contribution >= 0.6 is 11.6 Å². The monoisotopic (exact) mass is 329 g/mol. The lowest BCUT2D eigenvalue weighted by atomic mass is 10.1. The third kappa shape index (κ3) is 3.32. The zero-order valence-electron chi connectivity index (χ0n) is 13.4. The second-order valence-corrected chi connectivity index (χ2v) is 6.21. The molecule has 0 unspecified atom stereocenters. The number of rotatable bonds is 2. The van der Waals surface area contributed by atoms with Crippen molar-refractivity contribution in [2.24, 2.45) is 0 Å². The van der Waals surface area contributed by atoms with Gasteiger partial charge in [0.1, 0.15) is 5.15 Å². The first-order chi connectivity index (χ1) is 11.1. The molecule has 120 valence electrons. The number of anilines is 1. The lowest BCUT2D eigenvalue weighted by molar-refractivity contribution is 0.0747. The van der Waals surface area contributed by atoms with Gasteiger partial charge >= 0.3 is 0 Å². The lowest BCUT2D eigenvalue weighted by Crippen LogP contribution is -2.49. The summed E-state index contributed by atoms with van der Waals surface area (Å²) in [6.07, 6.45) is 0. The molecule has 0 saturated carbocycles. The van der Waals surface area contributed by atoms with E-state index in [1.54, 1.807) is 0 Å². The molecule has 23 heavy (non-hydrogen) atoms. The summed E-state index contributed by atoms with van der Waals surface area (Å²) in [5.41, 5.74) is 3.97. The Bertz CT molecular complexity index is 710. The summed E-state index contributed by atoms with van der Waals surface area (Å²) in [6, 6.07) is 11.4. The molecule has 1 aliphatic rings. The first-order valence-electron chi connectivity index (χ1n) is 7.79. The van der Waals surface area contributed by atoms with Crippen LogP contribution in [-0.4, -0.2) is 42.0 Å². The fraction of sp³-hybridized carbons (Fsp3) is 0.333. The zero-order chi connectivity index (χ0) is 16.4. The van der Waals surface area contributed by atoms with Gasteiger partial charge in [0.05, 0.1) is 0 Å². The molecule has 3 rings (SSSR count). The molecule has 1 aromatic carbocycles. The number of hydrogen-bond donors (Lipinski definition) is 0. The summed E-state index contributed by atoms with van der Waals surface area (Å²) in [6.45, 7) is 7.08. The topological polar surface area (TPSA) is 36.4 Å². The molecule has 0 N–H and O–H groups in total. The number of pyridine rings is 1. The van der Waals surface area contributed by atoms with Crippen LogP contribution in [-0.2, 0) is 0 Å². The number of aryl methyl sites for hydroxylation is 1. The van der Waals surface area contributed by atoms with Crippen LogP contribution in [0.25, 0.3) is 0 Å². The van der Waals surface area contributed by atoms with Crippen LogP contribution < -0.4 is 4.90 Å². The summed E-state index contributed by atoms with van der Waals surface area (Å²) >= 11 is 6.10. The molecule has 0 radical (unpaired) electrons. The number of hydrogen-bond acceptors (Lipinski definition) is 3. The second-order valence-electron chi connectivity index (χ2n) is 5.82. The van der Waals surface area contributed by atoms with E-state index in [0.717, 1.165) is 35.6 Å². The Labute approximate surface area is 141 Å². The Hall–Kier alpha value is -2.07. The summed E-state index contributed by atoms with van der Waals surface area (Å²) in [7, 11) is 0. The van der Waals surface area contributed by atoms with E-state index in [1.165, 1.54) is 0 Å². The van der Waals surface area contributed by atoms with Crippen molar-refractivity contribution in [3.05, 3.63) is 58.4 Å². The standard InChI is InChI=1S/C18H20ClN3O/c1-13-14(2)20-17(19)12-16(13)21-8-10-22(11-9-21)18(23)15-6-4-3-5-7-15/h3-7,12H,8-11H2,1-2H3. The molecule has 0 bridgehead atoms. The number of carbonyl (C=O) groups is 1. The van der Waals surface area contributed by atoms with Crippen molar-refractivity contribution in [2.75, 3.05) is 31.1 Å². The predicted octanol–water partition coefficient (Wildman–Crippen LogP) is 3.31. The Morgan fingerprint density at radius 1 is 1.09 bits per heavy atom. The number of aromatic nitrogens is 1. The van der Waals surface area contributed by atoms with Crippen molar-refractivity contribution in [3.63, 3.8) is 0 Å². The molecule has 0 spiro atoms. The number of nitrogens with zero attached hydrogens (tertiary/aromatic N) is 3. The molecule has 0 atom stereocenters. The first kappa shape index (κ1) is 15.8. The van der Waals surface area contributed by atoms with E-state index >= 15 is 0 Å². The highest BCUT2D eigenvalue weighted by Crippen LogP contribution is 2.26. The van der Waals surface area contributed by atoms with Gasteiger partial charge in [0.2, 0.25) is 0 Å². The highest BCUT2D eigenvalue weighted by molar-refractivity contribution is 6.29. The molecule has 5 heteroatoms. The van der Waals surface area contributed by atoms with Crippen LogP contribution in [0.4, 0.5) is 5.69 Å². The molecular formula is C18H20ClN3O. The normalized spacial score (nSPS) is 14.9. The summed E-state index contributed by atoms with van der Waals surface area (Å²) in [4.78, 5) is 21.0. The van der Waals surface area contributed by atoms with Crippen molar-refractivity contribution in [1.29, 1.82) is 0 Å². The van der Waals surface area contributed by atoms with E-state index in [9.17, 15) is 4.79 Å². The minimum absolute atomic E-state index is 0.103. The Balaban J connectivity index is 1.71. The molecule has 1 aliphatic heterocycles. The largest absolute Gasteiger partial charge is 0.368 e. The van der Waals surface area contributed by atoms with Crippen LogP contribution in [0.3, 0.4) is 0 Å². The van der Waals surface area contributed by atoms with Gasteiger partial charge in [0.15, 0.2) is 0 Å². The van der Waals surface area contributed by atoms with E-state index in [2.05, 4.69) is 16.8 Å². The zero-order valence-corrected chi connectivity index (χ0v) is 14.2. The van der Waals surface area contributed by atoms with E-state index < -0.39 is 0 Å². The molecule has 2 heterocycles. The van der Waals surface area contributed by atoms with Gasteiger partial charge in [-0.25, -0.2) is 4.98 Å². The number of carbonyl (C=O) groups excluding carboxylic acids is 1. The van der Waals surface area contributed by atoms with Crippen molar-refractivity contribution in [3.8, 4) is 0 Å². The molecular weight excluding hydrogens is 310 g/mol. The smallest absolute Gasteiger partial charge is 0.253 e. The van der Waals surface area contributed by atoms with Crippen molar-refractivity contribution < 1.29 is 4.79 Å². The molecule has 4 nitrogen and oxygen atoms in total. The lowest BCUT2D eigenvalue weighted by Gasteiger charge is -2.37. The number of benzene rings is 1. The van der Waals surface area contributed by atoms with Crippen LogP contribution in [0.15, 0.2) is 36.4 Å². The Morgan fingerprint density at radius 3 is 2.39 bits per heavy atom. The number of piperazine rings is 1. The van der Waals surface area contributed by atoms with Gasteiger partial charge in [-0.1, -0.05) is 29.8 Å². The average molecular weight is 330 g/mol. The maximum absolute atomic E-state index is 12.5. The van der Waals surface area contributed by atoms with Gasteiger partial charge in [0.25, 0.3) is 5.91 Å². The van der Waals surface area contributed by atoms with Crippen LogP contribution in [0.2, 0.25) is 5.15 Å². The van der Waals surface area contributed by atoms with Gasteiger partial charge in [-0.15, -0.1) is 0 Å². The quantitative estimate of drug-likeness (QED) is 0.793. The molecule has 1 aromatic heterocycles. The van der Waals surface area contributed by atoms with Gasteiger partial charge < -0.3 is 9.80 Å². The minimum atomic E-state index is 0.103. The summed E-state index contributed by atoms with van der Waals surface area (Å²) in [5, 5.41) is 0.519. The third-order valence-electron chi connectivity index (χ3n) is 4.39. The van der Waals surface area contributed by atoms with E-state index in [0.29, 0.717) is 18.2 Å². The van der Waals surface area contributed by atoms with Crippen molar-refractivity contribution in [1.82, 2.24) is 9.88 Å². The van der Waals surface area contributed by atoms with Crippen LogP contribution in [0, 0.1) is 13.8 Å². The molecule has 1 amide bonds. The summed E-state index contributed by atoms with van der Waals surface area (Å²) < 4.78 is 0. The van der Waals surface area contributed by atoms with Crippen molar-refractivity contribution in [2.45, 2.75) is 13.8 Å². The van der Waals surface area contributed by atoms with Crippen LogP contribution in [0.5, 0.6) is 0 Å². The molecule has 0 aliphatic carbocycles. The number of amides is 1. The van der Waals surface area contributed by atoms with E-state index in [1.807, 2.05) is 48.2 Å². The fourth-order valence-electron chi connectivity index (χ4n) is 2.92. The molecule has 2 aromatic rings. The average Bonchev–Trinajstić information content (AvgIpc) is 2.58. The highest BCUT2D eigenvalue weighted by Gasteiger charge is 2.23. The Kier molecular flexibility index (Phi) is 4.53. The summed E-state index contributed by atoms with van der Waals surface area (Å²) in [5.74, 6) is 0.103. The second kappa shape index (κ2) is 6.59. The maximum atomic E-state index is 12.5. The predicted molar refractivity (Wildman–Crippen MR) is 93.3 cm³/mol. The van der Waals surface area contributed by atoms with E-state index in [-0.39, 0.29) is 5.91 Å². The maximum Gasteiger partial charge on any atom is 0.253 e. The minimum Gasteiger partial charge on any atom is -0.368 e. The Morgan fingerprint density at radius 2 is 1.74 bits per heavy atom. The first-order valence-corrected chi connectivity index (χ1v) is 8.17. The van der Waals surface area contributed by atoms with Gasteiger partial charge in [0, 0.05) is 43.1 Å².